The predicted molar refractivity (Wildman–Crippen MR) is 134 cm³/mol. The molecule has 2 aromatic rings. The molecule has 8 nitrogen and oxygen atoms in total. The number of aliphatic hydroxyl groups is 1. The molecule has 1 N–H and O–H groups in total. The number of anilines is 1. The van der Waals surface area contributed by atoms with E-state index < -0.39 is 41.6 Å². The quantitative estimate of drug-likeness (QED) is 0.450. The summed E-state index contributed by atoms with van der Waals surface area (Å²) in [6.07, 6.45) is 2.23. The highest BCUT2D eigenvalue weighted by Crippen LogP contribution is 2.59. The Morgan fingerprint density at radius 2 is 2.06 bits per heavy atom. The Kier molecular flexibility index (Phi) is 6.34. The third kappa shape index (κ3) is 3.54. The van der Waals surface area contributed by atoms with Crippen LogP contribution in [0.15, 0.2) is 55.1 Å². The van der Waals surface area contributed by atoms with Crippen LogP contribution in [0.3, 0.4) is 0 Å². The van der Waals surface area contributed by atoms with Crippen molar-refractivity contribution in [1.82, 2.24) is 4.90 Å². The molecule has 8 heteroatoms. The molecule has 2 unspecified atom stereocenters. The lowest BCUT2D eigenvalue weighted by Gasteiger charge is -2.38. The number of ether oxygens (including phenoxy) is 2. The summed E-state index contributed by atoms with van der Waals surface area (Å²) in [5.74, 6) is -2.70. The standard InChI is InChI=1S/C28H32N2O6/c1-4-14-29(20-11-10-18-8-6-7-9-19(18)15-20)26(33)24-28-13-12-21(36-28)22(27(34)35-5-2)23(28)25(32)30(24)17(3)16-31/h4,6-11,15,17,21-24,31H,1,5,12-14,16H2,2-3H3/t17-,21-,22+,23+,24?,28?/m1/s1. The summed E-state index contributed by atoms with van der Waals surface area (Å²) < 4.78 is 11.7. The van der Waals surface area contributed by atoms with Crippen LogP contribution in [0.1, 0.15) is 26.7 Å². The molecule has 0 aliphatic carbocycles. The van der Waals surface area contributed by atoms with Gasteiger partial charge in [0.15, 0.2) is 0 Å². The van der Waals surface area contributed by atoms with E-state index in [0.29, 0.717) is 18.5 Å². The van der Waals surface area contributed by atoms with Crippen LogP contribution in [0.5, 0.6) is 0 Å². The highest BCUT2D eigenvalue weighted by atomic mass is 16.6. The Morgan fingerprint density at radius 3 is 2.75 bits per heavy atom. The van der Waals surface area contributed by atoms with Crippen LogP contribution in [-0.2, 0) is 23.9 Å². The monoisotopic (exact) mass is 492 g/mol. The van der Waals surface area contributed by atoms with Crippen LogP contribution < -0.4 is 4.90 Å². The molecular weight excluding hydrogens is 460 g/mol. The van der Waals surface area contributed by atoms with E-state index in [9.17, 15) is 19.5 Å². The maximum Gasteiger partial charge on any atom is 0.312 e. The Balaban J connectivity index is 1.59. The molecule has 6 atom stereocenters. The van der Waals surface area contributed by atoms with E-state index in [4.69, 9.17) is 9.47 Å². The molecule has 3 aliphatic rings. The fourth-order valence-electron chi connectivity index (χ4n) is 6.38. The highest BCUT2D eigenvalue weighted by molar-refractivity contribution is 6.05. The number of rotatable bonds is 8. The van der Waals surface area contributed by atoms with Crippen molar-refractivity contribution >= 4 is 34.2 Å². The van der Waals surface area contributed by atoms with E-state index in [1.807, 2.05) is 42.5 Å². The minimum absolute atomic E-state index is 0.199. The van der Waals surface area contributed by atoms with E-state index >= 15 is 0 Å². The third-order valence-corrected chi connectivity index (χ3v) is 7.89. The molecule has 0 aromatic heterocycles. The van der Waals surface area contributed by atoms with Crippen molar-refractivity contribution in [3.05, 3.63) is 55.1 Å². The largest absolute Gasteiger partial charge is 0.466 e. The summed E-state index contributed by atoms with van der Waals surface area (Å²) in [5, 5.41) is 12.0. The fourth-order valence-corrected chi connectivity index (χ4v) is 6.38. The number of amides is 2. The molecule has 2 bridgehead atoms. The minimum Gasteiger partial charge on any atom is -0.466 e. The van der Waals surface area contributed by atoms with Crippen molar-refractivity contribution in [2.45, 2.75) is 50.5 Å². The number of nitrogens with zero attached hydrogens (tertiary/aromatic N) is 2. The van der Waals surface area contributed by atoms with Gasteiger partial charge in [-0.3, -0.25) is 14.4 Å². The molecule has 3 heterocycles. The first-order chi connectivity index (χ1) is 17.4. The molecule has 3 fully saturated rings. The van der Waals surface area contributed by atoms with Crippen molar-refractivity contribution in [2.24, 2.45) is 11.8 Å². The second kappa shape index (κ2) is 9.33. The van der Waals surface area contributed by atoms with E-state index in [0.717, 1.165) is 10.8 Å². The average Bonchev–Trinajstić information content (AvgIpc) is 3.53. The fraction of sp³-hybridized carbons (Fsp3) is 0.464. The van der Waals surface area contributed by atoms with Gasteiger partial charge in [0, 0.05) is 12.2 Å². The zero-order chi connectivity index (χ0) is 25.6. The molecule has 2 amide bonds. The van der Waals surface area contributed by atoms with Crippen molar-refractivity contribution in [1.29, 1.82) is 0 Å². The summed E-state index contributed by atoms with van der Waals surface area (Å²) in [7, 11) is 0. The van der Waals surface area contributed by atoms with Gasteiger partial charge in [0.1, 0.15) is 11.6 Å². The molecule has 3 aliphatic heterocycles. The van der Waals surface area contributed by atoms with Crippen LogP contribution >= 0.6 is 0 Å². The number of carbonyl (C=O) groups is 3. The number of hydrogen-bond acceptors (Lipinski definition) is 6. The molecule has 5 rings (SSSR count). The first kappa shape index (κ1) is 24.5. The minimum atomic E-state index is -1.14. The van der Waals surface area contributed by atoms with Gasteiger partial charge in [0.2, 0.25) is 5.91 Å². The molecule has 190 valence electrons. The Morgan fingerprint density at radius 1 is 1.31 bits per heavy atom. The number of hydrogen-bond donors (Lipinski definition) is 1. The van der Waals surface area contributed by atoms with Crippen LogP contribution in [0.2, 0.25) is 0 Å². The number of fused-ring (bicyclic) bond motifs is 2. The summed E-state index contributed by atoms with van der Waals surface area (Å²) in [4.78, 5) is 44.2. The molecule has 2 aromatic carbocycles. The topological polar surface area (TPSA) is 96.4 Å². The Labute approximate surface area is 210 Å². The second-order valence-corrected chi connectivity index (χ2v) is 9.85. The first-order valence-electron chi connectivity index (χ1n) is 12.6. The van der Waals surface area contributed by atoms with E-state index in [-0.39, 0.29) is 31.6 Å². The van der Waals surface area contributed by atoms with Crippen molar-refractivity contribution in [2.75, 3.05) is 24.7 Å². The number of carbonyl (C=O) groups excluding carboxylic acids is 3. The average molecular weight is 493 g/mol. The number of aliphatic hydroxyl groups excluding tert-OH is 1. The third-order valence-electron chi connectivity index (χ3n) is 7.89. The van der Waals surface area contributed by atoms with Gasteiger partial charge in [-0.05, 0) is 49.6 Å². The zero-order valence-corrected chi connectivity index (χ0v) is 20.6. The highest BCUT2D eigenvalue weighted by Gasteiger charge is 2.75. The van der Waals surface area contributed by atoms with Crippen LogP contribution in [0.25, 0.3) is 10.8 Å². The molecule has 1 spiro atoms. The molecular formula is C28H32N2O6. The lowest BCUT2D eigenvalue weighted by Crippen LogP contribution is -2.58. The van der Waals surface area contributed by atoms with E-state index in [1.165, 1.54) is 4.90 Å². The number of likely N-dealkylation sites (tertiary alicyclic amines) is 1. The van der Waals surface area contributed by atoms with Gasteiger partial charge in [-0.2, -0.15) is 0 Å². The molecule has 3 saturated heterocycles. The van der Waals surface area contributed by atoms with Crippen LogP contribution in [0, 0.1) is 11.8 Å². The predicted octanol–water partition coefficient (Wildman–Crippen LogP) is 2.68. The SMILES string of the molecule is C=CCN(C(=O)C1N([C@H](C)CO)C(=O)[C@@H]2[C@@H](C(=O)OCC)[C@H]3CCC12O3)c1ccc2ccccc2c1. The van der Waals surface area contributed by atoms with Gasteiger partial charge in [0.25, 0.3) is 5.91 Å². The lowest BCUT2D eigenvalue weighted by atomic mass is 9.70. The maximum absolute atomic E-state index is 14.4. The Hall–Kier alpha value is -3.23. The van der Waals surface area contributed by atoms with E-state index in [1.54, 1.807) is 24.8 Å². The van der Waals surface area contributed by atoms with Crippen molar-refractivity contribution in [3.63, 3.8) is 0 Å². The molecule has 0 saturated carbocycles. The van der Waals surface area contributed by atoms with Crippen LogP contribution in [-0.4, -0.2) is 71.3 Å². The van der Waals surface area contributed by atoms with Crippen molar-refractivity contribution < 1.29 is 29.0 Å². The Bertz CT molecular complexity index is 1210. The van der Waals surface area contributed by atoms with E-state index in [2.05, 4.69) is 6.58 Å². The van der Waals surface area contributed by atoms with Gasteiger partial charge < -0.3 is 24.4 Å². The van der Waals surface area contributed by atoms with Gasteiger partial charge in [-0.15, -0.1) is 6.58 Å². The smallest absolute Gasteiger partial charge is 0.312 e. The summed E-state index contributed by atoms with van der Waals surface area (Å²) in [6.45, 7) is 7.38. The van der Waals surface area contributed by atoms with Gasteiger partial charge in [0.05, 0.1) is 37.2 Å². The molecule has 36 heavy (non-hydrogen) atoms. The molecule has 0 radical (unpaired) electrons. The van der Waals surface area contributed by atoms with Gasteiger partial charge >= 0.3 is 5.97 Å². The van der Waals surface area contributed by atoms with Crippen LogP contribution in [0.4, 0.5) is 5.69 Å². The number of esters is 1. The summed E-state index contributed by atoms with van der Waals surface area (Å²) in [5.41, 5.74) is -0.465. The normalized spacial score (nSPS) is 29.3. The van der Waals surface area contributed by atoms with Crippen molar-refractivity contribution in [3.8, 4) is 0 Å². The number of benzene rings is 2. The first-order valence-corrected chi connectivity index (χ1v) is 12.6. The van der Waals surface area contributed by atoms with Gasteiger partial charge in [-0.25, -0.2) is 0 Å². The van der Waals surface area contributed by atoms with Gasteiger partial charge in [-0.1, -0.05) is 36.4 Å². The zero-order valence-electron chi connectivity index (χ0n) is 20.6. The lowest BCUT2D eigenvalue weighted by molar-refractivity contribution is -0.155. The summed E-state index contributed by atoms with van der Waals surface area (Å²) in [6, 6.07) is 12.1. The maximum atomic E-state index is 14.4. The second-order valence-electron chi connectivity index (χ2n) is 9.85. The summed E-state index contributed by atoms with van der Waals surface area (Å²) >= 11 is 0.